The van der Waals surface area contributed by atoms with Crippen LogP contribution in [0.5, 0.6) is 0 Å². The summed E-state index contributed by atoms with van der Waals surface area (Å²) in [6.07, 6.45) is 2.36. The molecule has 1 heterocycles. The molecule has 2 rings (SSSR count). The fourth-order valence-corrected chi connectivity index (χ4v) is 2.73. The minimum absolute atomic E-state index is 0.179. The summed E-state index contributed by atoms with van der Waals surface area (Å²) in [6.45, 7) is 3.27. The van der Waals surface area contributed by atoms with Crippen molar-refractivity contribution in [1.29, 1.82) is 0 Å². The second kappa shape index (κ2) is 7.58. The van der Waals surface area contributed by atoms with Gasteiger partial charge in [0, 0.05) is 35.6 Å². The number of likely N-dealkylation sites (tertiary alicyclic amines) is 1. The van der Waals surface area contributed by atoms with E-state index >= 15 is 0 Å². The molecule has 1 aliphatic heterocycles. The molecule has 1 aromatic rings. The second-order valence-electron chi connectivity index (χ2n) is 4.77. The molecule has 1 saturated heterocycles. The summed E-state index contributed by atoms with van der Waals surface area (Å²) in [5, 5.41) is 1.47. The van der Waals surface area contributed by atoms with Gasteiger partial charge >= 0.3 is 0 Å². The molecule has 0 radical (unpaired) electrons. The fraction of sp³-hybridized carbons (Fsp3) is 0.571. The number of rotatable bonds is 5. The number of alkyl halides is 1. The van der Waals surface area contributed by atoms with E-state index in [2.05, 4.69) is 20.8 Å². The SMILES string of the molecule is Fc1ccc(Cl)cc1CN1CCC(OCCBr)CC1. The van der Waals surface area contributed by atoms with Crippen LogP contribution in [0, 0.1) is 5.82 Å². The van der Waals surface area contributed by atoms with Gasteiger partial charge in [0.15, 0.2) is 0 Å². The Morgan fingerprint density at radius 2 is 2.11 bits per heavy atom. The van der Waals surface area contributed by atoms with Gasteiger partial charge in [0.1, 0.15) is 5.82 Å². The summed E-state index contributed by atoms with van der Waals surface area (Å²) in [5.41, 5.74) is 0.673. The van der Waals surface area contributed by atoms with Crippen LogP contribution in [0.3, 0.4) is 0 Å². The summed E-state index contributed by atoms with van der Waals surface area (Å²) in [5.74, 6) is -0.179. The van der Waals surface area contributed by atoms with E-state index in [0.29, 0.717) is 23.2 Å². The largest absolute Gasteiger partial charge is 0.377 e. The van der Waals surface area contributed by atoms with E-state index in [1.807, 2.05) is 0 Å². The highest BCUT2D eigenvalue weighted by molar-refractivity contribution is 9.09. The lowest BCUT2D eigenvalue weighted by Crippen LogP contribution is -2.37. The van der Waals surface area contributed by atoms with Gasteiger partial charge in [0.2, 0.25) is 0 Å². The van der Waals surface area contributed by atoms with Crippen molar-refractivity contribution in [2.24, 2.45) is 0 Å². The number of hydrogen-bond donors (Lipinski definition) is 0. The van der Waals surface area contributed by atoms with Crippen molar-refractivity contribution < 1.29 is 9.13 Å². The molecule has 0 N–H and O–H groups in total. The molecule has 1 aromatic carbocycles. The average Bonchev–Trinajstić information content (AvgIpc) is 2.42. The molecule has 0 unspecified atom stereocenters. The van der Waals surface area contributed by atoms with E-state index in [1.165, 1.54) is 6.07 Å². The molecule has 19 heavy (non-hydrogen) atoms. The predicted molar refractivity (Wildman–Crippen MR) is 79.5 cm³/mol. The van der Waals surface area contributed by atoms with Gasteiger partial charge in [-0.2, -0.15) is 0 Å². The van der Waals surface area contributed by atoms with Crippen LogP contribution in [-0.2, 0) is 11.3 Å². The normalized spacial score (nSPS) is 17.8. The molecule has 0 atom stereocenters. The first-order valence-electron chi connectivity index (χ1n) is 6.53. The van der Waals surface area contributed by atoms with Crippen LogP contribution in [0.15, 0.2) is 18.2 Å². The van der Waals surface area contributed by atoms with Gasteiger partial charge < -0.3 is 4.74 Å². The van der Waals surface area contributed by atoms with Crippen molar-refractivity contribution in [3.63, 3.8) is 0 Å². The molecule has 0 spiro atoms. The Morgan fingerprint density at radius 1 is 1.37 bits per heavy atom. The monoisotopic (exact) mass is 349 g/mol. The minimum Gasteiger partial charge on any atom is -0.377 e. The molecule has 106 valence electrons. The molecule has 5 heteroatoms. The van der Waals surface area contributed by atoms with E-state index in [-0.39, 0.29) is 5.82 Å². The summed E-state index contributed by atoms with van der Waals surface area (Å²) < 4.78 is 19.4. The van der Waals surface area contributed by atoms with Crippen molar-refractivity contribution in [3.05, 3.63) is 34.6 Å². The molecule has 0 saturated carbocycles. The fourth-order valence-electron chi connectivity index (χ4n) is 2.35. The van der Waals surface area contributed by atoms with Crippen LogP contribution in [0.4, 0.5) is 4.39 Å². The highest BCUT2D eigenvalue weighted by atomic mass is 79.9. The number of nitrogens with zero attached hydrogens (tertiary/aromatic N) is 1. The zero-order valence-electron chi connectivity index (χ0n) is 10.7. The zero-order valence-corrected chi connectivity index (χ0v) is 13.1. The first-order chi connectivity index (χ1) is 9.19. The third kappa shape index (κ3) is 4.71. The number of hydrogen-bond acceptors (Lipinski definition) is 2. The molecular weight excluding hydrogens is 333 g/mol. The van der Waals surface area contributed by atoms with E-state index in [1.54, 1.807) is 12.1 Å². The number of ether oxygens (including phenoxy) is 1. The summed E-state index contributed by atoms with van der Waals surface area (Å²) in [7, 11) is 0. The zero-order chi connectivity index (χ0) is 13.7. The molecule has 0 amide bonds. The molecule has 1 fully saturated rings. The third-order valence-electron chi connectivity index (χ3n) is 3.37. The quantitative estimate of drug-likeness (QED) is 0.748. The van der Waals surface area contributed by atoms with Crippen molar-refractivity contribution in [1.82, 2.24) is 4.90 Å². The van der Waals surface area contributed by atoms with Crippen LogP contribution < -0.4 is 0 Å². The van der Waals surface area contributed by atoms with Gasteiger partial charge in [-0.15, -0.1) is 0 Å². The topological polar surface area (TPSA) is 12.5 Å². The Hall–Kier alpha value is -0.160. The average molecular weight is 351 g/mol. The maximum Gasteiger partial charge on any atom is 0.127 e. The Labute approximate surface area is 127 Å². The first-order valence-corrected chi connectivity index (χ1v) is 8.03. The van der Waals surface area contributed by atoms with Crippen LogP contribution in [0.25, 0.3) is 0 Å². The van der Waals surface area contributed by atoms with Crippen LogP contribution in [0.2, 0.25) is 5.02 Å². The molecule has 0 bridgehead atoms. The highest BCUT2D eigenvalue weighted by Crippen LogP contribution is 2.20. The Bertz CT molecular complexity index is 410. The molecule has 0 aromatic heterocycles. The van der Waals surface area contributed by atoms with E-state index in [9.17, 15) is 4.39 Å². The maximum atomic E-state index is 13.7. The lowest BCUT2D eigenvalue weighted by atomic mass is 10.1. The lowest BCUT2D eigenvalue weighted by molar-refractivity contribution is 0.0139. The second-order valence-corrected chi connectivity index (χ2v) is 6.00. The van der Waals surface area contributed by atoms with E-state index in [0.717, 1.165) is 37.9 Å². The number of piperidine rings is 1. The van der Waals surface area contributed by atoms with Crippen molar-refractivity contribution in [2.75, 3.05) is 25.0 Å². The van der Waals surface area contributed by atoms with Crippen LogP contribution >= 0.6 is 27.5 Å². The summed E-state index contributed by atoms with van der Waals surface area (Å²) in [4.78, 5) is 2.25. The van der Waals surface area contributed by atoms with Crippen LogP contribution in [-0.4, -0.2) is 36.0 Å². The van der Waals surface area contributed by atoms with E-state index < -0.39 is 0 Å². The Morgan fingerprint density at radius 3 is 2.79 bits per heavy atom. The maximum absolute atomic E-state index is 13.7. The van der Waals surface area contributed by atoms with Crippen molar-refractivity contribution in [2.45, 2.75) is 25.5 Å². The molecular formula is C14H18BrClFNO. The predicted octanol–water partition coefficient (Wildman–Crippen LogP) is 3.86. The molecule has 1 aliphatic rings. The van der Waals surface area contributed by atoms with Gasteiger partial charge in [0.05, 0.1) is 12.7 Å². The first kappa shape index (κ1) is 15.2. The Balaban J connectivity index is 1.83. The highest BCUT2D eigenvalue weighted by Gasteiger charge is 2.20. The standard InChI is InChI=1S/C14H18BrClFNO/c15-5-8-19-13-3-6-18(7-4-13)10-11-9-12(16)1-2-14(11)17/h1-2,9,13H,3-8,10H2. The minimum atomic E-state index is -0.179. The molecule has 2 nitrogen and oxygen atoms in total. The van der Waals surface area contributed by atoms with Gasteiger partial charge in [-0.25, -0.2) is 4.39 Å². The summed E-state index contributed by atoms with van der Waals surface area (Å²) in [6, 6.07) is 4.73. The van der Waals surface area contributed by atoms with Gasteiger partial charge in [-0.1, -0.05) is 27.5 Å². The van der Waals surface area contributed by atoms with Crippen LogP contribution in [0.1, 0.15) is 18.4 Å². The van der Waals surface area contributed by atoms with Crippen molar-refractivity contribution >= 4 is 27.5 Å². The van der Waals surface area contributed by atoms with Gasteiger partial charge in [0.25, 0.3) is 0 Å². The Kier molecular flexibility index (Phi) is 6.07. The molecule has 0 aliphatic carbocycles. The number of benzene rings is 1. The van der Waals surface area contributed by atoms with Gasteiger partial charge in [-0.3, -0.25) is 4.90 Å². The summed E-state index contributed by atoms with van der Waals surface area (Å²) >= 11 is 9.26. The van der Waals surface area contributed by atoms with E-state index in [4.69, 9.17) is 16.3 Å². The number of halogens is 3. The lowest BCUT2D eigenvalue weighted by Gasteiger charge is -2.31. The third-order valence-corrected chi connectivity index (χ3v) is 3.93. The van der Waals surface area contributed by atoms with Gasteiger partial charge in [-0.05, 0) is 31.0 Å². The van der Waals surface area contributed by atoms with Crippen molar-refractivity contribution in [3.8, 4) is 0 Å². The smallest absolute Gasteiger partial charge is 0.127 e.